The average Bonchev–Trinajstić information content (AvgIpc) is 2.45. The monoisotopic (exact) mass is 329 g/mol. The highest BCUT2D eigenvalue weighted by Crippen LogP contribution is 2.09. The highest BCUT2D eigenvalue weighted by Gasteiger charge is 2.01. The van der Waals surface area contributed by atoms with Gasteiger partial charge in [-0.15, -0.1) is 12.4 Å². The van der Waals surface area contributed by atoms with Crippen molar-refractivity contribution in [3.05, 3.63) is 29.8 Å². The molecule has 0 saturated heterocycles. The third-order valence-corrected chi connectivity index (χ3v) is 2.78. The number of ether oxygens (including phenoxy) is 1. The molecule has 0 heterocycles. The van der Waals surface area contributed by atoms with E-state index < -0.39 is 0 Å². The van der Waals surface area contributed by atoms with E-state index in [4.69, 9.17) is 4.74 Å². The number of halogens is 1. The molecule has 0 aliphatic rings. The van der Waals surface area contributed by atoms with Crippen LogP contribution in [0.5, 0.6) is 0 Å². The predicted octanol–water partition coefficient (Wildman–Crippen LogP) is 0.962. The number of nitrogens with one attached hydrogen (secondary N) is 3. The quantitative estimate of drug-likeness (QED) is 0.590. The summed E-state index contributed by atoms with van der Waals surface area (Å²) in [5.74, 6) is -0.114. The number of carbonyl (C=O) groups is 2. The third-order valence-electron chi connectivity index (χ3n) is 2.78. The Kier molecular flexibility index (Phi) is 11.1. The minimum atomic E-state index is -0.0870. The van der Waals surface area contributed by atoms with Crippen molar-refractivity contribution in [1.82, 2.24) is 10.6 Å². The van der Waals surface area contributed by atoms with Gasteiger partial charge < -0.3 is 20.7 Å². The highest BCUT2D eigenvalue weighted by atomic mass is 35.5. The number of anilines is 1. The minimum absolute atomic E-state index is 0. The van der Waals surface area contributed by atoms with Crippen molar-refractivity contribution < 1.29 is 14.3 Å². The summed E-state index contributed by atoms with van der Waals surface area (Å²) in [6, 6.07) is 7.58. The molecule has 3 N–H and O–H groups in total. The van der Waals surface area contributed by atoms with E-state index in [1.807, 2.05) is 24.3 Å². The molecule has 0 aromatic heterocycles. The van der Waals surface area contributed by atoms with Crippen LogP contribution in [0.1, 0.15) is 12.5 Å². The van der Waals surface area contributed by atoms with Crippen LogP contribution in [0.25, 0.3) is 0 Å². The molecule has 0 saturated carbocycles. The second-order valence-corrected chi connectivity index (χ2v) is 4.65. The van der Waals surface area contributed by atoms with Gasteiger partial charge in [0.15, 0.2) is 0 Å². The summed E-state index contributed by atoms with van der Waals surface area (Å²) < 4.78 is 4.88. The molecular weight excluding hydrogens is 306 g/mol. The Morgan fingerprint density at radius 1 is 1.14 bits per heavy atom. The van der Waals surface area contributed by atoms with Crippen molar-refractivity contribution in [2.45, 2.75) is 13.3 Å². The van der Waals surface area contributed by atoms with E-state index in [0.717, 1.165) is 17.7 Å². The van der Waals surface area contributed by atoms with Gasteiger partial charge in [-0.05, 0) is 24.1 Å². The van der Waals surface area contributed by atoms with Gasteiger partial charge in [-0.2, -0.15) is 0 Å². The molecule has 0 atom stereocenters. The molecule has 0 aliphatic carbocycles. The van der Waals surface area contributed by atoms with Crippen LogP contribution in [0.4, 0.5) is 5.69 Å². The first-order valence-corrected chi connectivity index (χ1v) is 6.94. The number of rotatable bonds is 9. The van der Waals surface area contributed by atoms with Crippen LogP contribution in [0, 0.1) is 0 Å². The van der Waals surface area contributed by atoms with Gasteiger partial charge in [0, 0.05) is 32.8 Å². The van der Waals surface area contributed by atoms with E-state index in [0.29, 0.717) is 26.2 Å². The molecule has 1 aromatic carbocycles. The van der Waals surface area contributed by atoms with Gasteiger partial charge in [-0.1, -0.05) is 12.1 Å². The fourth-order valence-corrected chi connectivity index (χ4v) is 1.74. The van der Waals surface area contributed by atoms with Crippen molar-refractivity contribution in [2.75, 3.05) is 38.7 Å². The van der Waals surface area contributed by atoms with Gasteiger partial charge in [0.1, 0.15) is 0 Å². The van der Waals surface area contributed by atoms with Crippen molar-refractivity contribution in [2.24, 2.45) is 0 Å². The van der Waals surface area contributed by atoms with Crippen molar-refractivity contribution in [3.8, 4) is 0 Å². The summed E-state index contributed by atoms with van der Waals surface area (Å²) in [6.07, 6.45) is 0.754. The van der Waals surface area contributed by atoms with Crippen LogP contribution in [0.2, 0.25) is 0 Å². The van der Waals surface area contributed by atoms with Crippen molar-refractivity contribution >= 4 is 29.9 Å². The van der Waals surface area contributed by atoms with Crippen LogP contribution in [-0.2, 0) is 20.7 Å². The second kappa shape index (κ2) is 12.0. The molecule has 2 amide bonds. The van der Waals surface area contributed by atoms with Gasteiger partial charge >= 0.3 is 0 Å². The number of benzene rings is 1. The molecule has 0 unspecified atom stereocenters. The maximum atomic E-state index is 11.5. The van der Waals surface area contributed by atoms with Gasteiger partial charge in [0.2, 0.25) is 11.8 Å². The first-order chi connectivity index (χ1) is 10.1. The maximum absolute atomic E-state index is 11.5. The molecule has 0 spiro atoms. The lowest BCUT2D eigenvalue weighted by molar-refractivity contribution is -0.120. The van der Waals surface area contributed by atoms with E-state index in [9.17, 15) is 9.59 Å². The number of methoxy groups -OCH3 is 1. The molecule has 0 bridgehead atoms. The first-order valence-electron chi connectivity index (χ1n) is 6.94. The van der Waals surface area contributed by atoms with Crippen molar-refractivity contribution in [1.29, 1.82) is 0 Å². The van der Waals surface area contributed by atoms with E-state index in [1.165, 1.54) is 6.92 Å². The highest BCUT2D eigenvalue weighted by molar-refractivity contribution is 5.88. The molecule has 6 nitrogen and oxygen atoms in total. The van der Waals surface area contributed by atoms with Gasteiger partial charge in [0.05, 0.1) is 13.2 Å². The summed E-state index contributed by atoms with van der Waals surface area (Å²) in [7, 11) is 1.62. The Bertz CT molecular complexity index is 452. The Morgan fingerprint density at radius 3 is 2.41 bits per heavy atom. The second-order valence-electron chi connectivity index (χ2n) is 4.65. The van der Waals surface area contributed by atoms with Crippen LogP contribution < -0.4 is 16.0 Å². The molecule has 22 heavy (non-hydrogen) atoms. The largest absolute Gasteiger partial charge is 0.383 e. The zero-order valence-corrected chi connectivity index (χ0v) is 13.8. The summed E-state index contributed by atoms with van der Waals surface area (Å²) in [6.45, 7) is 3.61. The molecular formula is C15H24ClN3O3. The Labute approximate surface area is 137 Å². The molecule has 0 fully saturated rings. The lowest BCUT2D eigenvalue weighted by Crippen LogP contribution is -2.36. The lowest BCUT2D eigenvalue weighted by Gasteiger charge is -2.07. The zero-order chi connectivity index (χ0) is 15.5. The lowest BCUT2D eigenvalue weighted by atomic mass is 10.1. The zero-order valence-electron chi connectivity index (χ0n) is 13.0. The normalized spacial score (nSPS) is 9.73. The number of carbonyl (C=O) groups excluding carboxylic acids is 2. The van der Waals surface area contributed by atoms with Gasteiger partial charge in [0.25, 0.3) is 0 Å². The Hall–Kier alpha value is -1.63. The van der Waals surface area contributed by atoms with E-state index in [2.05, 4.69) is 16.0 Å². The van der Waals surface area contributed by atoms with E-state index in [1.54, 1.807) is 7.11 Å². The van der Waals surface area contributed by atoms with Crippen LogP contribution >= 0.6 is 12.4 Å². The van der Waals surface area contributed by atoms with Crippen LogP contribution in [0.15, 0.2) is 24.3 Å². The smallest absolute Gasteiger partial charge is 0.233 e. The predicted molar refractivity (Wildman–Crippen MR) is 89.5 cm³/mol. The standard InChI is InChI=1S/C15H23N3O3.ClH/c1-12(19)18-14-5-3-13(4-6-14)7-8-17-15(20)11-16-9-10-21-2;/h3-6,16H,7-11H2,1-2H3,(H,17,20)(H,18,19);1H. The number of hydrogen-bond donors (Lipinski definition) is 3. The average molecular weight is 330 g/mol. The molecule has 1 rings (SSSR count). The Morgan fingerprint density at radius 2 is 1.82 bits per heavy atom. The van der Waals surface area contributed by atoms with E-state index >= 15 is 0 Å². The SMILES string of the molecule is COCCNCC(=O)NCCc1ccc(NC(C)=O)cc1.Cl. The molecule has 7 heteroatoms. The van der Waals surface area contributed by atoms with Gasteiger partial charge in [-0.3, -0.25) is 9.59 Å². The summed E-state index contributed by atoms with van der Waals surface area (Å²) >= 11 is 0. The molecule has 124 valence electrons. The molecule has 1 aromatic rings. The topological polar surface area (TPSA) is 79.5 Å². The molecule has 0 radical (unpaired) electrons. The third kappa shape index (κ3) is 9.33. The summed E-state index contributed by atoms with van der Waals surface area (Å²) in [4.78, 5) is 22.4. The Balaban J connectivity index is 0.00000441. The number of amides is 2. The first kappa shape index (κ1) is 20.4. The summed E-state index contributed by atoms with van der Waals surface area (Å²) in [5.41, 5.74) is 1.88. The minimum Gasteiger partial charge on any atom is -0.383 e. The van der Waals surface area contributed by atoms with Gasteiger partial charge in [-0.25, -0.2) is 0 Å². The maximum Gasteiger partial charge on any atom is 0.233 e. The van der Waals surface area contributed by atoms with E-state index in [-0.39, 0.29) is 24.2 Å². The molecule has 0 aliphatic heterocycles. The summed E-state index contributed by atoms with van der Waals surface area (Å²) in [5, 5.41) is 8.54. The van der Waals surface area contributed by atoms with Crippen LogP contribution in [-0.4, -0.2) is 45.2 Å². The fourth-order valence-electron chi connectivity index (χ4n) is 1.74. The number of hydrogen-bond acceptors (Lipinski definition) is 4. The van der Waals surface area contributed by atoms with Crippen LogP contribution in [0.3, 0.4) is 0 Å². The fraction of sp³-hybridized carbons (Fsp3) is 0.467. The van der Waals surface area contributed by atoms with Crippen molar-refractivity contribution in [3.63, 3.8) is 0 Å².